The number of ether oxygens (including phenoxy) is 1. The van der Waals surface area contributed by atoms with Crippen LogP contribution in [0.4, 0.5) is 5.69 Å². The van der Waals surface area contributed by atoms with Crippen LogP contribution < -0.4 is 10.1 Å². The number of nitrogens with one attached hydrogen (secondary N) is 1. The lowest BCUT2D eigenvalue weighted by Gasteiger charge is -2.06. The smallest absolute Gasteiger partial charge is 0.248 e. The number of phenolic OH excluding ortho intramolecular Hbond substituents is 1. The maximum Gasteiger partial charge on any atom is 0.248 e. The SMILES string of the molecule is COc1ccc2cc(/C=C/C(=O)Nc3ccc(C)cc3O)ccc2c1. The molecular formula is C21H19NO3. The molecule has 0 aliphatic heterocycles. The van der Waals surface area contributed by atoms with Crippen LogP contribution in [0.2, 0.25) is 0 Å². The second-order valence-corrected chi connectivity index (χ2v) is 5.82. The molecule has 3 aromatic carbocycles. The van der Waals surface area contributed by atoms with Crippen molar-refractivity contribution in [1.29, 1.82) is 0 Å². The van der Waals surface area contributed by atoms with Gasteiger partial charge in [0.15, 0.2) is 0 Å². The molecule has 25 heavy (non-hydrogen) atoms. The van der Waals surface area contributed by atoms with Gasteiger partial charge in [0.05, 0.1) is 12.8 Å². The van der Waals surface area contributed by atoms with Gasteiger partial charge in [-0.15, -0.1) is 0 Å². The Labute approximate surface area is 146 Å². The van der Waals surface area contributed by atoms with Gasteiger partial charge in [0.1, 0.15) is 11.5 Å². The van der Waals surface area contributed by atoms with Gasteiger partial charge < -0.3 is 15.2 Å². The third kappa shape index (κ3) is 3.98. The van der Waals surface area contributed by atoms with E-state index in [1.807, 2.05) is 49.4 Å². The number of hydrogen-bond acceptors (Lipinski definition) is 3. The van der Waals surface area contributed by atoms with E-state index in [-0.39, 0.29) is 11.7 Å². The van der Waals surface area contributed by atoms with Gasteiger partial charge in [0, 0.05) is 6.08 Å². The van der Waals surface area contributed by atoms with E-state index in [1.165, 1.54) is 6.08 Å². The largest absolute Gasteiger partial charge is 0.506 e. The zero-order valence-corrected chi connectivity index (χ0v) is 14.1. The van der Waals surface area contributed by atoms with Crippen molar-refractivity contribution in [3.63, 3.8) is 0 Å². The summed E-state index contributed by atoms with van der Waals surface area (Å²) in [7, 11) is 1.64. The minimum atomic E-state index is -0.297. The molecule has 4 nitrogen and oxygen atoms in total. The summed E-state index contributed by atoms with van der Waals surface area (Å²) in [6, 6.07) is 16.9. The lowest BCUT2D eigenvalue weighted by Crippen LogP contribution is -2.07. The first-order chi connectivity index (χ1) is 12.0. The van der Waals surface area contributed by atoms with Crippen LogP contribution >= 0.6 is 0 Å². The first-order valence-corrected chi connectivity index (χ1v) is 7.91. The Kier molecular flexibility index (Phi) is 4.70. The first kappa shape index (κ1) is 16.6. The second kappa shape index (κ2) is 7.09. The lowest BCUT2D eigenvalue weighted by atomic mass is 10.1. The molecule has 0 radical (unpaired) electrons. The fraction of sp³-hybridized carbons (Fsp3) is 0.0952. The van der Waals surface area contributed by atoms with Crippen molar-refractivity contribution in [3.8, 4) is 11.5 Å². The summed E-state index contributed by atoms with van der Waals surface area (Å²) in [6.45, 7) is 1.88. The summed E-state index contributed by atoms with van der Waals surface area (Å²) in [5.74, 6) is 0.573. The highest BCUT2D eigenvalue weighted by atomic mass is 16.5. The van der Waals surface area contributed by atoms with Crippen molar-refractivity contribution in [2.45, 2.75) is 6.92 Å². The number of fused-ring (bicyclic) bond motifs is 1. The third-order valence-corrected chi connectivity index (χ3v) is 3.91. The van der Waals surface area contributed by atoms with Crippen molar-refractivity contribution in [1.82, 2.24) is 0 Å². The van der Waals surface area contributed by atoms with E-state index in [2.05, 4.69) is 5.32 Å². The topological polar surface area (TPSA) is 58.6 Å². The standard InChI is InChI=1S/C21H19NO3/c1-14-3-9-19(20(23)11-14)22-21(24)10-5-15-4-6-17-13-18(25-2)8-7-16(17)12-15/h3-13,23H,1-2H3,(H,22,24)/b10-5+. The summed E-state index contributed by atoms with van der Waals surface area (Å²) < 4.78 is 5.22. The van der Waals surface area contributed by atoms with E-state index in [1.54, 1.807) is 25.3 Å². The lowest BCUT2D eigenvalue weighted by molar-refractivity contribution is -0.111. The van der Waals surface area contributed by atoms with Gasteiger partial charge in [0.2, 0.25) is 5.91 Å². The second-order valence-electron chi connectivity index (χ2n) is 5.82. The molecule has 0 aliphatic carbocycles. The molecule has 2 N–H and O–H groups in total. The molecule has 0 bridgehead atoms. The van der Waals surface area contributed by atoms with Crippen LogP contribution in [0.25, 0.3) is 16.8 Å². The van der Waals surface area contributed by atoms with E-state index in [9.17, 15) is 9.90 Å². The Hall–Kier alpha value is -3.27. The molecule has 3 rings (SSSR count). The minimum Gasteiger partial charge on any atom is -0.506 e. The van der Waals surface area contributed by atoms with Gasteiger partial charge >= 0.3 is 0 Å². The molecule has 3 aromatic rings. The summed E-state index contributed by atoms with van der Waals surface area (Å²) in [6.07, 6.45) is 3.19. The molecule has 0 aliphatic rings. The number of aromatic hydroxyl groups is 1. The molecule has 1 amide bonds. The fourth-order valence-corrected chi connectivity index (χ4v) is 2.57. The summed E-state index contributed by atoms with van der Waals surface area (Å²) in [5.41, 5.74) is 2.24. The Bertz CT molecular complexity index is 961. The monoisotopic (exact) mass is 333 g/mol. The van der Waals surface area contributed by atoms with Crippen LogP contribution in [0.3, 0.4) is 0 Å². The van der Waals surface area contributed by atoms with Crippen LogP contribution in [-0.4, -0.2) is 18.1 Å². The number of phenols is 1. The van der Waals surface area contributed by atoms with E-state index < -0.39 is 0 Å². The van der Waals surface area contributed by atoms with Crippen molar-refractivity contribution < 1.29 is 14.6 Å². The van der Waals surface area contributed by atoms with Gasteiger partial charge in [-0.05, 0) is 65.2 Å². The number of amides is 1. The predicted octanol–water partition coefficient (Wildman–Crippen LogP) is 4.51. The van der Waals surface area contributed by atoms with Crippen LogP contribution in [-0.2, 0) is 4.79 Å². The Balaban J connectivity index is 1.74. The highest BCUT2D eigenvalue weighted by Crippen LogP contribution is 2.24. The number of carbonyl (C=O) groups is 1. The highest BCUT2D eigenvalue weighted by Gasteiger charge is 2.04. The van der Waals surface area contributed by atoms with Gasteiger partial charge in [0.25, 0.3) is 0 Å². The van der Waals surface area contributed by atoms with Gasteiger partial charge in [-0.1, -0.05) is 24.3 Å². The van der Waals surface area contributed by atoms with E-state index in [0.717, 1.165) is 27.6 Å². The van der Waals surface area contributed by atoms with Crippen LogP contribution in [0, 0.1) is 6.92 Å². The van der Waals surface area contributed by atoms with Crippen molar-refractivity contribution in [3.05, 3.63) is 71.8 Å². The average Bonchev–Trinajstić information content (AvgIpc) is 2.61. The molecule has 0 heterocycles. The number of carbonyl (C=O) groups excluding carboxylic acids is 1. The minimum absolute atomic E-state index is 0.0569. The normalized spacial score (nSPS) is 11.0. The molecule has 0 atom stereocenters. The van der Waals surface area contributed by atoms with E-state index in [0.29, 0.717) is 5.69 Å². The van der Waals surface area contributed by atoms with Gasteiger partial charge in [-0.25, -0.2) is 0 Å². The Morgan fingerprint density at radius 2 is 1.80 bits per heavy atom. The first-order valence-electron chi connectivity index (χ1n) is 7.91. The third-order valence-electron chi connectivity index (χ3n) is 3.91. The molecule has 0 saturated heterocycles. The number of rotatable bonds is 4. The zero-order chi connectivity index (χ0) is 17.8. The van der Waals surface area contributed by atoms with Crippen LogP contribution in [0.1, 0.15) is 11.1 Å². The molecule has 0 fully saturated rings. The van der Waals surface area contributed by atoms with E-state index >= 15 is 0 Å². The maximum atomic E-state index is 12.0. The van der Waals surface area contributed by atoms with Gasteiger partial charge in [-0.2, -0.15) is 0 Å². The molecule has 0 unspecified atom stereocenters. The summed E-state index contributed by atoms with van der Waals surface area (Å²) in [4.78, 5) is 12.0. The molecular weight excluding hydrogens is 314 g/mol. The number of hydrogen-bond donors (Lipinski definition) is 2. The van der Waals surface area contributed by atoms with Crippen molar-refractivity contribution in [2.24, 2.45) is 0 Å². The number of aryl methyl sites for hydroxylation is 1. The maximum absolute atomic E-state index is 12.0. The molecule has 0 saturated carbocycles. The molecule has 126 valence electrons. The van der Waals surface area contributed by atoms with Crippen molar-refractivity contribution >= 4 is 28.4 Å². The number of anilines is 1. The Morgan fingerprint density at radius 1 is 1.04 bits per heavy atom. The summed E-state index contributed by atoms with van der Waals surface area (Å²) in [5, 5.41) is 14.6. The van der Waals surface area contributed by atoms with Crippen LogP contribution in [0.5, 0.6) is 11.5 Å². The average molecular weight is 333 g/mol. The van der Waals surface area contributed by atoms with Gasteiger partial charge in [-0.3, -0.25) is 4.79 Å². The highest BCUT2D eigenvalue weighted by molar-refractivity contribution is 6.03. The zero-order valence-electron chi connectivity index (χ0n) is 14.1. The molecule has 0 spiro atoms. The van der Waals surface area contributed by atoms with Crippen LogP contribution in [0.15, 0.2) is 60.7 Å². The Morgan fingerprint density at radius 3 is 2.56 bits per heavy atom. The molecule has 0 aromatic heterocycles. The molecule has 4 heteroatoms. The van der Waals surface area contributed by atoms with Crippen molar-refractivity contribution in [2.75, 3.05) is 12.4 Å². The number of benzene rings is 3. The fourth-order valence-electron chi connectivity index (χ4n) is 2.57. The summed E-state index contributed by atoms with van der Waals surface area (Å²) >= 11 is 0. The number of methoxy groups -OCH3 is 1. The van der Waals surface area contributed by atoms with E-state index in [4.69, 9.17) is 4.74 Å². The predicted molar refractivity (Wildman–Crippen MR) is 101 cm³/mol. The quantitative estimate of drug-likeness (QED) is 0.545.